The molecule has 0 aliphatic rings. The molecule has 15 heavy (non-hydrogen) atoms. The minimum atomic E-state index is -0.332. The molecule has 3 nitrogen and oxygen atoms in total. The van der Waals surface area contributed by atoms with Crippen LogP contribution in [-0.2, 0) is 6.54 Å². The molecule has 0 aliphatic heterocycles. The number of nitrogens with two attached hydrogens (primary N) is 1. The van der Waals surface area contributed by atoms with Crippen molar-refractivity contribution in [1.29, 1.82) is 0 Å². The Bertz CT molecular complexity index is 481. The summed E-state index contributed by atoms with van der Waals surface area (Å²) in [5.74, 6) is -0.332. The van der Waals surface area contributed by atoms with Crippen LogP contribution in [0.2, 0.25) is 5.02 Å². The largest absolute Gasteiger partial charge is 0.399 e. The number of benzene rings is 1. The molecule has 1 aromatic heterocycles. The van der Waals surface area contributed by atoms with Gasteiger partial charge in [-0.15, -0.1) is 0 Å². The minimum Gasteiger partial charge on any atom is -0.399 e. The van der Waals surface area contributed by atoms with Crippen molar-refractivity contribution in [3.63, 3.8) is 0 Å². The molecule has 0 fully saturated rings. The van der Waals surface area contributed by atoms with Crippen molar-refractivity contribution in [3.8, 4) is 0 Å². The summed E-state index contributed by atoms with van der Waals surface area (Å²) in [4.78, 5) is 0. The van der Waals surface area contributed by atoms with Gasteiger partial charge in [0.15, 0.2) is 0 Å². The van der Waals surface area contributed by atoms with Crippen molar-refractivity contribution in [2.75, 3.05) is 5.73 Å². The fourth-order valence-electron chi connectivity index (χ4n) is 1.29. The lowest BCUT2D eigenvalue weighted by Gasteiger charge is -2.04. The zero-order valence-corrected chi connectivity index (χ0v) is 8.58. The van der Waals surface area contributed by atoms with E-state index in [-0.39, 0.29) is 5.82 Å². The number of rotatable bonds is 2. The Morgan fingerprint density at radius 1 is 1.47 bits per heavy atom. The van der Waals surface area contributed by atoms with E-state index in [2.05, 4.69) is 5.10 Å². The third kappa shape index (κ3) is 2.27. The second-order valence-corrected chi connectivity index (χ2v) is 3.64. The fourth-order valence-corrected chi connectivity index (χ4v) is 1.45. The van der Waals surface area contributed by atoms with Crippen molar-refractivity contribution < 1.29 is 4.39 Å². The summed E-state index contributed by atoms with van der Waals surface area (Å²) >= 11 is 5.69. The van der Waals surface area contributed by atoms with Crippen molar-refractivity contribution >= 4 is 17.3 Å². The Kier molecular flexibility index (Phi) is 2.60. The van der Waals surface area contributed by atoms with E-state index in [1.165, 1.54) is 12.3 Å². The molecule has 2 rings (SSSR count). The maximum Gasteiger partial charge on any atom is 0.130 e. The Balaban J connectivity index is 2.24. The molecule has 0 amide bonds. The van der Waals surface area contributed by atoms with Gasteiger partial charge in [0.1, 0.15) is 5.82 Å². The van der Waals surface area contributed by atoms with Gasteiger partial charge in [0.25, 0.3) is 0 Å². The summed E-state index contributed by atoms with van der Waals surface area (Å²) in [6.07, 6.45) is 3.15. The standard InChI is InChI=1S/C10H9ClFN3/c11-8-4-14-15(6-8)5-7-1-2-9(13)3-10(7)12/h1-4,6H,5,13H2. The lowest BCUT2D eigenvalue weighted by molar-refractivity contribution is 0.586. The minimum absolute atomic E-state index is 0.332. The number of nitrogen functional groups attached to an aromatic ring is 1. The van der Waals surface area contributed by atoms with Gasteiger partial charge in [0, 0.05) is 17.4 Å². The normalized spacial score (nSPS) is 10.5. The number of nitrogens with zero attached hydrogens (tertiary/aromatic N) is 2. The van der Waals surface area contributed by atoms with Gasteiger partial charge < -0.3 is 5.73 Å². The van der Waals surface area contributed by atoms with Crippen LogP contribution in [0.1, 0.15) is 5.56 Å². The Morgan fingerprint density at radius 3 is 2.87 bits per heavy atom. The maximum absolute atomic E-state index is 13.4. The van der Waals surface area contributed by atoms with Crippen LogP contribution in [0.4, 0.5) is 10.1 Å². The average Bonchev–Trinajstić information content (AvgIpc) is 2.56. The van der Waals surface area contributed by atoms with Gasteiger partial charge in [-0.3, -0.25) is 4.68 Å². The van der Waals surface area contributed by atoms with Crippen molar-refractivity contribution in [2.45, 2.75) is 6.54 Å². The highest BCUT2D eigenvalue weighted by molar-refractivity contribution is 6.30. The van der Waals surface area contributed by atoms with E-state index < -0.39 is 0 Å². The molecular weight excluding hydrogens is 217 g/mol. The molecule has 5 heteroatoms. The first kappa shape index (κ1) is 9.98. The Morgan fingerprint density at radius 2 is 2.27 bits per heavy atom. The van der Waals surface area contributed by atoms with Crippen molar-refractivity contribution in [2.24, 2.45) is 0 Å². The van der Waals surface area contributed by atoms with E-state index in [1.807, 2.05) is 0 Å². The Labute approximate surface area is 91.3 Å². The highest BCUT2D eigenvalue weighted by atomic mass is 35.5. The number of aromatic nitrogens is 2. The lowest BCUT2D eigenvalue weighted by Crippen LogP contribution is -2.02. The molecule has 0 saturated carbocycles. The SMILES string of the molecule is Nc1ccc(Cn2cc(Cl)cn2)c(F)c1. The predicted molar refractivity (Wildman–Crippen MR) is 57.2 cm³/mol. The molecule has 78 valence electrons. The molecule has 1 heterocycles. The molecule has 0 bridgehead atoms. The molecule has 1 aromatic carbocycles. The third-order valence-electron chi connectivity index (χ3n) is 2.01. The van der Waals surface area contributed by atoms with Gasteiger partial charge >= 0.3 is 0 Å². The second-order valence-electron chi connectivity index (χ2n) is 3.21. The van der Waals surface area contributed by atoms with Gasteiger partial charge in [-0.1, -0.05) is 17.7 Å². The van der Waals surface area contributed by atoms with E-state index >= 15 is 0 Å². The maximum atomic E-state index is 13.4. The monoisotopic (exact) mass is 225 g/mol. The number of hydrogen-bond donors (Lipinski definition) is 1. The predicted octanol–water partition coefficient (Wildman–Crippen LogP) is 2.31. The molecule has 0 aliphatic carbocycles. The average molecular weight is 226 g/mol. The summed E-state index contributed by atoms with van der Waals surface area (Å²) in [7, 11) is 0. The first-order chi connectivity index (χ1) is 7.15. The third-order valence-corrected chi connectivity index (χ3v) is 2.21. The number of hydrogen-bond acceptors (Lipinski definition) is 2. The van der Waals surface area contributed by atoms with Gasteiger partial charge in [-0.2, -0.15) is 5.10 Å². The lowest BCUT2D eigenvalue weighted by atomic mass is 10.2. The molecule has 0 atom stereocenters. The van der Waals surface area contributed by atoms with Crippen LogP contribution < -0.4 is 5.73 Å². The molecule has 0 radical (unpaired) electrons. The van der Waals surface area contributed by atoms with E-state index in [4.69, 9.17) is 17.3 Å². The molecule has 0 unspecified atom stereocenters. The van der Waals surface area contributed by atoms with Crippen LogP contribution in [0.15, 0.2) is 30.6 Å². The summed E-state index contributed by atoms with van der Waals surface area (Å²) in [5, 5.41) is 4.49. The van der Waals surface area contributed by atoms with E-state index in [1.54, 1.807) is 23.0 Å². The van der Waals surface area contributed by atoms with Crippen LogP contribution in [0.5, 0.6) is 0 Å². The van der Waals surface area contributed by atoms with Gasteiger partial charge in [0.05, 0.1) is 17.8 Å². The second kappa shape index (κ2) is 3.90. The zero-order valence-electron chi connectivity index (χ0n) is 7.82. The summed E-state index contributed by atoms with van der Waals surface area (Å²) in [5.41, 5.74) is 6.38. The quantitative estimate of drug-likeness (QED) is 0.797. The van der Waals surface area contributed by atoms with Gasteiger partial charge in [0.2, 0.25) is 0 Å². The van der Waals surface area contributed by atoms with Crippen LogP contribution in [0.25, 0.3) is 0 Å². The highest BCUT2D eigenvalue weighted by Crippen LogP contribution is 2.14. The topological polar surface area (TPSA) is 43.8 Å². The zero-order chi connectivity index (χ0) is 10.8. The number of halogens is 2. The van der Waals surface area contributed by atoms with Crippen LogP contribution in [0.3, 0.4) is 0 Å². The molecular formula is C10H9ClFN3. The molecule has 0 spiro atoms. The Hall–Kier alpha value is -1.55. The smallest absolute Gasteiger partial charge is 0.130 e. The van der Waals surface area contributed by atoms with Crippen LogP contribution >= 0.6 is 11.6 Å². The first-order valence-corrected chi connectivity index (χ1v) is 4.75. The molecule has 2 aromatic rings. The summed E-state index contributed by atoms with van der Waals surface area (Å²) < 4.78 is 15.0. The van der Waals surface area contributed by atoms with Crippen LogP contribution in [0, 0.1) is 5.82 Å². The number of anilines is 1. The van der Waals surface area contributed by atoms with Gasteiger partial charge in [-0.05, 0) is 12.1 Å². The highest BCUT2D eigenvalue weighted by Gasteiger charge is 2.04. The van der Waals surface area contributed by atoms with Crippen molar-refractivity contribution in [3.05, 3.63) is 47.0 Å². The van der Waals surface area contributed by atoms with Crippen LogP contribution in [-0.4, -0.2) is 9.78 Å². The first-order valence-electron chi connectivity index (χ1n) is 4.37. The summed E-state index contributed by atoms with van der Waals surface area (Å²) in [6.45, 7) is 0.346. The van der Waals surface area contributed by atoms with Crippen molar-refractivity contribution in [1.82, 2.24) is 9.78 Å². The summed E-state index contributed by atoms with van der Waals surface area (Å²) in [6, 6.07) is 4.59. The molecule has 2 N–H and O–H groups in total. The molecule has 0 saturated heterocycles. The fraction of sp³-hybridized carbons (Fsp3) is 0.100. The van der Waals surface area contributed by atoms with Gasteiger partial charge in [-0.25, -0.2) is 4.39 Å². The van der Waals surface area contributed by atoms with E-state index in [9.17, 15) is 4.39 Å². The van der Waals surface area contributed by atoms with E-state index in [0.717, 1.165) is 0 Å². The van der Waals surface area contributed by atoms with E-state index in [0.29, 0.717) is 22.8 Å².